The minimum absolute atomic E-state index is 0.864. The summed E-state index contributed by atoms with van der Waals surface area (Å²) in [6.07, 6.45) is 2.76. The lowest BCUT2D eigenvalue weighted by atomic mass is 9.98. The van der Waals surface area contributed by atoms with E-state index in [1.165, 1.54) is 32.5 Å². The van der Waals surface area contributed by atoms with Crippen molar-refractivity contribution >= 4 is 12.6 Å². The summed E-state index contributed by atoms with van der Waals surface area (Å²) in [5, 5.41) is 3.42. The number of nitrogens with one attached hydrogen (secondary N) is 1. The third-order valence-corrected chi connectivity index (χ3v) is 2.67. The summed E-state index contributed by atoms with van der Waals surface area (Å²) in [6.45, 7) is 4.76. The Hall–Kier alpha value is 0.270. The lowest BCUT2D eigenvalue weighted by Gasteiger charge is -2.29. The van der Waals surface area contributed by atoms with Crippen LogP contribution < -0.4 is 5.32 Å². The second-order valence-corrected chi connectivity index (χ2v) is 4.15. The average Bonchev–Trinajstić information content (AvgIpc) is 2.05. The van der Waals surface area contributed by atoms with Gasteiger partial charge in [-0.25, -0.2) is 0 Å². The summed E-state index contributed by atoms with van der Waals surface area (Å²) in [5.41, 5.74) is 0. The molecule has 0 spiro atoms. The Morgan fingerprint density at radius 1 is 1.58 bits per heavy atom. The first-order chi connectivity index (χ1) is 5.83. The smallest absolute Gasteiger partial charge is 0.00398 e. The van der Waals surface area contributed by atoms with E-state index in [-0.39, 0.29) is 0 Å². The second kappa shape index (κ2) is 5.84. The van der Waals surface area contributed by atoms with Gasteiger partial charge in [0.2, 0.25) is 0 Å². The molecule has 0 amide bonds. The lowest BCUT2D eigenvalue weighted by Crippen LogP contribution is -2.37. The number of likely N-dealkylation sites (tertiary alicyclic amines) is 1. The van der Waals surface area contributed by atoms with Crippen LogP contribution in [0, 0.1) is 5.92 Å². The van der Waals surface area contributed by atoms with Crippen LogP contribution in [0.25, 0.3) is 0 Å². The quantitative estimate of drug-likeness (QED) is 0.502. The van der Waals surface area contributed by atoms with Crippen molar-refractivity contribution < 1.29 is 0 Å². The standard InChI is InChI=1S/C9H20N2S/c1-11-5-2-3-9(8-11)7-10-4-6-12/h9-10,12H,2-8H2,1H3. The zero-order valence-electron chi connectivity index (χ0n) is 7.92. The molecule has 0 aromatic carbocycles. The molecule has 0 bridgehead atoms. The molecule has 0 saturated carbocycles. The first-order valence-electron chi connectivity index (χ1n) is 4.83. The highest BCUT2D eigenvalue weighted by Crippen LogP contribution is 2.13. The molecule has 2 nitrogen and oxygen atoms in total. The van der Waals surface area contributed by atoms with Gasteiger partial charge in [-0.2, -0.15) is 12.6 Å². The van der Waals surface area contributed by atoms with Crippen molar-refractivity contribution in [2.75, 3.05) is 39.0 Å². The highest BCUT2D eigenvalue weighted by Gasteiger charge is 2.15. The van der Waals surface area contributed by atoms with E-state index in [1.807, 2.05) is 0 Å². The van der Waals surface area contributed by atoms with Crippen LogP contribution >= 0.6 is 12.6 Å². The molecule has 1 unspecified atom stereocenters. The topological polar surface area (TPSA) is 15.3 Å². The SMILES string of the molecule is CN1CCCC(CNCCS)C1. The monoisotopic (exact) mass is 188 g/mol. The maximum Gasteiger partial charge on any atom is 0.00398 e. The molecule has 1 N–H and O–H groups in total. The summed E-state index contributed by atoms with van der Waals surface area (Å²) < 4.78 is 0. The van der Waals surface area contributed by atoms with Gasteiger partial charge in [-0.3, -0.25) is 0 Å². The molecule has 1 aliphatic rings. The summed E-state index contributed by atoms with van der Waals surface area (Å²) in [6, 6.07) is 0. The van der Waals surface area contributed by atoms with Crippen LogP contribution in [0.5, 0.6) is 0 Å². The fourth-order valence-electron chi connectivity index (χ4n) is 1.83. The average molecular weight is 188 g/mol. The van der Waals surface area contributed by atoms with Crippen LogP contribution in [0.2, 0.25) is 0 Å². The van der Waals surface area contributed by atoms with Crippen LogP contribution in [-0.4, -0.2) is 43.9 Å². The normalized spacial score (nSPS) is 26.0. The molecule has 1 heterocycles. The van der Waals surface area contributed by atoms with Gasteiger partial charge in [0.25, 0.3) is 0 Å². The van der Waals surface area contributed by atoms with Gasteiger partial charge in [0.15, 0.2) is 0 Å². The van der Waals surface area contributed by atoms with E-state index in [1.54, 1.807) is 0 Å². The molecular weight excluding hydrogens is 168 g/mol. The minimum atomic E-state index is 0.864. The van der Waals surface area contributed by atoms with Gasteiger partial charge in [0, 0.05) is 18.8 Å². The van der Waals surface area contributed by atoms with Crippen molar-refractivity contribution in [3.05, 3.63) is 0 Å². The number of piperidine rings is 1. The second-order valence-electron chi connectivity index (χ2n) is 3.70. The highest BCUT2D eigenvalue weighted by atomic mass is 32.1. The maximum atomic E-state index is 4.16. The molecule has 0 aromatic heterocycles. The zero-order valence-corrected chi connectivity index (χ0v) is 8.82. The van der Waals surface area contributed by atoms with Gasteiger partial charge in [-0.15, -0.1) is 0 Å². The van der Waals surface area contributed by atoms with E-state index >= 15 is 0 Å². The van der Waals surface area contributed by atoms with Gasteiger partial charge < -0.3 is 10.2 Å². The molecule has 3 heteroatoms. The van der Waals surface area contributed by atoms with Crippen LogP contribution in [-0.2, 0) is 0 Å². The first-order valence-corrected chi connectivity index (χ1v) is 5.46. The van der Waals surface area contributed by atoms with E-state index in [2.05, 4.69) is 29.9 Å². The fraction of sp³-hybridized carbons (Fsp3) is 1.00. The van der Waals surface area contributed by atoms with Crippen molar-refractivity contribution in [1.29, 1.82) is 0 Å². The first kappa shape index (κ1) is 10.4. The zero-order chi connectivity index (χ0) is 8.81. The summed E-state index contributed by atoms with van der Waals surface area (Å²) in [5.74, 6) is 1.81. The lowest BCUT2D eigenvalue weighted by molar-refractivity contribution is 0.207. The molecule has 1 rings (SSSR count). The van der Waals surface area contributed by atoms with Crippen molar-refractivity contribution in [3.63, 3.8) is 0 Å². The molecule has 1 atom stereocenters. The predicted molar refractivity (Wildman–Crippen MR) is 56.9 cm³/mol. The van der Waals surface area contributed by atoms with Gasteiger partial charge in [-0.1, -0.05) is 0 Å². The van der Waals surface area contributed by atoms with Crippen LogP contribution in [0.1, 0.15) is 12.8 Å². The minimum Gasteiger partial charge on any atom is -0.316 e. The van der Waals surface area contributed by atoms with E-state index in [0.29, 0.717) is 0 Å². The van der Waals surface area contributed by atoms with E-state index in [9.17, 15) is 0 Å². The van der Waals surface area contributed by atoms with Crippen molar-refractivity contribution in [2.45, 2.75) is 12.8 Å². The molecule has 12 heavy (non-hydrogen) atoms. The number of hydrogen-bond donors (Lipinski definition) is 2. The van der Waals surface area contributed by atoms with Crippen molar-refractivity contribution in [2.24, 2.45) is 5.92 Å². The van der Waals surface area contributed by atoms with Gasteiger partial charge in [0.1, 0.15) is 0 Å². The Kier molecular flexibility index (Phi) is 5.04. The molecule has 0 aliphatic carbocycles. The molecule has 1 saturated heterocycles. The Balaban J connectivity index is 2.06. The Morgan fingerprint density at radius 3 is 3.08 bits per heavy atom. The number of hydrogen-bond acceptors (Lipinski definition) is 3. The Labute approximate surface area is 81.1 Å². The molecule has 1 aliphatic heterocycles. The summed E-state index contributed by atoms with van der Waals surface area (Å²) in [4.78, 5) is 2.43. The third-order valence-electron chi connectivity index (χ3n) is 2.44. The van der Waals surface area contributed by atoms with Crippen LogP contribution in [0.15, 0.2) is 0 Å². The fourth-order valence-corrected chi connectivity index (χ4v) is 1.98. The van der Waals surface area contributed by atoms with Gasteiger partial charge >= 0.3 is 0 Å². The third kappa shape index (κ3) is 3.78. The van der Waals surface area contributed by atoms with Crippen LogP contribution in [0.3, 0.4) is 0 Å². The Bertz CT molecular complexity index is 119. The maximum absolute atomic E-state index is 4.16. The van der Waals surface area contributed by atoms with E-state index in [0.717, 1.165) is 18.2 Å². The molecular formula is C9H20N2S. The largest absolute Gasteiger partial charge is 0.316 e. The molecule has 0 aromatic rings. The summed E-state index contributed by atoms with van der Waals surface area (Å²) >= 11 is 4.16. The van der Waals surface area contributed by atoms with Crippen molar-refractivity contribution in [3.8, 4) is 0 Å². The molecule has 1 fully saturated rings. The summed E-state index contributed by atoms with van der Waals surface area (Å²) in [7, 11) is 2.21. The number of nitrogens with zero attached hydrogens (tertiary/aromatic N) is 1. The molecule has 72 valence electrons. The van der Waals surface area contributed by atoms with E-state index in [4.69, 9.17) is 0 Å². The van der Waals surface area contributed by atoms with Gasteiger partial charge in [0.05, 0.1) is 0 Å². The van der Waals surface area contributed by atoms with Crippen LogP contribution in [0.4, 0.5) is 0 Å². The predicted octanol–water partition coefficient (Wildman–Crippen LogP) is 0.848. The highest BCUT2D eigenvalue weighted by molar-refractivity contribution is 7.80. The van der Waals surface area contributed by atoms with Crippen molar-refractivity contribution in [1.82, 2.24) is 10.2 Å². The number of thiol groups is 1. The van der Waals surface area contributed by atoms with E-state index < -0.39 is 0 Å². The number of rotatable bonds is 4. The molecule has 0 radical (unpaired) electrons. The van der Waals surface area contributed by atoms with Gasteiger partial charge in [-0.05, 0) is 38.9 Å². The Morgan fingerprint density at radius 2 is 2.42 bits per heavy atom.